The van der Waals surface area contributed by atoms with E-state index in [1.54, 1.807) is 0 Å². The van der Waals surface area contributed by atoms with Crippen LogP contribution in [-0.4, -0.2) is 26.7 Å². The lowest BCUT2D eigenvalue weighted by molar-refractivity contribution is 0.247. The quantitative estimate of drug-likeness (QED) is 0.521. The van der Waals surface area contributed by atoms with Gasteiger partial charge in [0.05, 0.1) is 12.4 Å². The van der Waals surface area contributed by atoms with E-state index in [0.29, 0.717) is 6.67 Å². The molecule has 0 aliphatic rings. The minimum atomic E-state index is 0.702. The van der Waals surface area contributed by atoms with Crippen LogP contribution in [0.1, 0.15) is 18.2 Å². The minimum absolute atomic E-state index is 0.702. The van der Waals surface area contributed by atoms with Crippen molar-refractivity contribution in [2.75, 3.05) is 7.05 Å². The molecule has 0 radical (unpaired) electrons. The van der Waals surface area contributed by atoms with Crippen molar-refractivity contribution in [1.82, 2.24) is 19.7 Å². The maximum Gasteiger partial charge on any atom is 0.134 e. The van der Waals surface area contributed by atoms with E-state index in [-0.39, 0.29) is 0 Å². The first kappa shape index (κ1) is 16.5. The van der Waals surface area contributed by atoms with E-state index in [1.165, 1.54) is 10.9 Å². The molecule has 0 saturated heterocycles. The Morgan fingerprint density at radius 3 is 2.65 bits per heavy atom. The van der Waals surface area contributed by atoms with Crippen LogP contribution in [0, 0.1) is 0 Å². The molecule has 0 fully saturated rings. The maximum atomic E-state index is 6.02. The zero-order valence-corrected chi connectivity index (χ0v) is 15.1. The molecule has 0 bridgehead atoms. The molecule has 0 spiro atoms. The molecular weight excluding hydrogens is 324 g/mol. The highest BCUT2D eigenvalue weighted by Crippen LogP contribution is 2.27. The van der Waals surface area contributed by atoms with E-state index in [4.69, 9.17) is 4.42 Å². The van der Waals surface area contributed by atoms with E-state index in [9.17, 15) is 0 Å². The van der Waals surface area contributed by atoms with Crippen molar-refractivity contribution in [3.05, 3.63) is 72.4 Å². The number of nitrogens with zero attached hydrogens (tertiary/aromatic N) is 4. The number of furan rings is 1. The van der Waals surface area contributed by atoms with Crippen LogP contribution in [0.25, 0.3) is 22.2 Å². The summed E-state index contributed by atoms with van der Waals surface area (Å²) in [5.41, 5.74) is 4.44. The Morgan fingerprint density at radius 1 is 1.04 bits per heavy atom. The number of benzene rings is 1. The summed E-state index contributed by atoms with van der Waals surface area (Å²) < 4.78 is 8.04. The first-order chi connectivity index (χ1) is 12.8. The van der Waals surface area contributed by atoms with Gasteiger partial charge in [0.15, 0.2) is 0 Å². The number of pyridine rings is 1. The largest absolute Gasteiger partial charge is 0.461 e. The van der Waals surface area contributed by atoms with Gasteiger partial charge < -0.3 is 4.42 Å². The molecule has 0 saturated carbocycles. The summed E-state index contributed by atoms with van der Waals surface area (Å²) in [5.74, 6) is 1.06. The van der Waals surface area contributed by atoms with Crippen LogP contribution in [0.4, 0.5) is 0 Å². The standard InChI is InChI=1S/C21H22N4O/c1-3-20-18(17-6-4-5-7-21(17)26-20)14-24(2)15-25-19(10-13-23-25)16-8-11-22-12-9-16/h4-13H,3,14-15H2,1-2H3. The number of para-hydroxylation sites is 1. The van der Waals surface area contributed by atoms with Crippen molar-refractivity contribution >= 4 is 11.0 Å². The fourth-order valence-electron chi connectivity index (χ4n) is 3.37. The topological polar surface area (TPSA) is 47.1 Å². The lowest BCUT2D eigenvalue weighted by Gasteiger charge is -2.18. The smallest absolute Gasteiger partial charge is 0.134 e. The monoisotopic (exact) mass is 346 g/mol. The lowest BCUT2D eigenvalue weighted by Crippen LogP contribution is -2.23. The van der Waals surface area contributed by atoms with Crippen molar-refractivity contribution < 1.29 is 4.42 Å². The van der Waals surface area contributed by atoms with Gasteiger partial charge in [-0.15, -0.1) is 0 Å². The molecule has 132 valence electrons. The molecule has 0 aliphatic carbocycles. The summed E-state index contributed by atoms with van der Waals surface area (Å²) in [6.07, 6.45) is 6.35. The Hall–Kier alpha value is -2.92. The molecule has 3 heterocycles. The summed E-state index contributed by atoms with van der Waals surface area (Å²) >= 11 is 0. The second-order valence-corrected chi connectivity index (χ2v) is 6.46. The zero-order chi connectivity index (χ0) is 17.9. The van der Waals surface area contributed by atoms with E-state index >= 15 is 0 Å². The van der Waals surface area contributed by atoms with Gasteiger partial charge in [-0.3, -0.25) is 14.6 Å². The van der Waals surface area contributed by atoms with Gasteiger partial charge in [0.1, 0.15) is 11.3 Å². The number of hydrogen-bond acceptors (Lipinski definition) is 4. The number of aryl methyl sites for hydroxylation is 1. The molecule has 4 rings (SSSR count). The Kier molecular flexibility index (Phi) is 4.54. The fraction of sp³-hybridized carbons (Fsp3) is 0.238. The predicted molar refractivity (Wildman–Crippen MR) is 103 cm³/mol. The molecule has 0 atom stereocenters. The normalized spacial score (nSPS) is 11.5. The van der Waals surface area contributed by atoms with Gasteiger partial charge in [-0.2, -0.15) is 5.10 Å². The SMILES string of the molecule is CCc1oc2ccccc2c1CN(C)Cn1nccc1-c1ccncc1. The van der Waals surface area contributed by atoms with Crippen LogP contribution in [-0.2, 0) is 19.6 Å². The average Bonchev–Trinajstić information content (AvgIpc) is 3.27. The van der Waals surface area contributed by atoms with E-state index in [2.05, 4.69) is 41.1 Å². The molecule has 5 nitrogen and oxygen atoms in total. The Morgan fingerprint density at radius 2 is 1.85 bits per heavy atom. The number of rotatable bonds is 6. The van der Waals surface area contributed by atoms with Crippen molar-refractivity contribution in [3.63, 3.8) is 0 Å². The van der Waals surface area contributed by atoms with Gasteiger partial charge in [0.25, 0.3) is 0 Å². The molecular formula is C21H22N4O. The van der Waals surface area contributed by atoms with Crippen molar-refractivity contribution in [3.8, 4) is 11.3 Å². The van der Waals surface area contributed by atoms with E-state index in [1.807, 2.05) is 53.6 Å². The predicted octanol–water partition coefficient (Wildman–Crippen LogP) is 4.34. The number of aromatic nitrogens is 3. The molecule has 3 aromatic heterocycles. The van der Waals surface area contributed by atoms with Crippen molar-refractivity contribution in [2.24, 2.45) is 0 Å². The first-order valence-electron chi connectivity index (χ1n) is 8.86. The minimum Gasteiger partial charge on any atom is -0.461 e. The summed E-state index contributed by atoms with van der Waals surface area (Å²) in [6.45, 7) is 3.65. The third kappa shape index (κ3) is 3.13. The Bertz CT molecular complexity index is 1000. The molecule has 0 amide bonds. The first-order valence-corrected chi connectivity index (χ1v) is 8.86. The summed E-state index contributed by atoms with van der Waals surface area (Å²) in [4.78, 5) is 6.35. The van der Waals surface area contributed by atoms with Gasteiger partial charge in [-0.25, -0.2) is 0 Å². The highest BCUT2D eigenvalue weighted by Gasteiger charge is 2.15. The zero-order valence-electron chi connectivity index (χ0n) is 15.1. The molecule has 0 aliphatic heterocycles. The van der Waals surface area contributed by atoms with Crippen LogP contribution >= 0.6 is 0 Å². The third-order valence-electron chi connectivity index (χ3n) is 4.60. The van der Waals surface area contributed by atoms with Crippen LogP contribution < -0.4 is 0 Å². The average molecular weight is 346 g/mol. The van der Waals surface area contributed by atoms with Gasteiger partial charge in [0, 0.05) is 48.1 Å². The third-order valence-corrected chi connectivity index (χ3v) is 4.60. The highest BCUT2D eigenvalue weighted by atomic mass is 16.3. The van der Waals surface area contributed by atoms with Gasteiger partial charge in [0.2, 0.25) is 0 Å². The van der Waals surface area contributed by atoms with Crippen molar-refractivity contribution in [1.29, 1.82) is 0 Å². The Labute approximate surface area is 152 Å². The maximum absolute atomic E-state index is 6.02. The fourth-order valence-corrected chi connectivity index (χ4v) is 3.37. The lowest BCUT2D eigenvalue weighted by atomic mass is 10.1. The molecule has 5 heteroatoms. The van der Waals surface area contributed by atoms with Crippen LogP contribution in [0.2, 0.25) is 0 Å². The van der Waals surface area contributed by atoms with Crippen LogP contribution in [0.5, 0.6) is 0 Å². The van der Waals surface area contributed by atoms with E-state index < -0.39 is 0 Å². The van der Waals surface area contributed by atoms with Gasteiger partial charge in [-0.05, 0) is 31.3 Å². The van der Waals surface area contributed by atoms with Crippen LogP contribution in [0.15, 0.2) is 65.5 Å². The Balaban J connectivity index is 1.58. The number of fused-ring (bicyclic) bond motifs is 1. The molecule has 1 aromatic carbocycles. The van der Waals surface area contributed by atoms with Gasteiger partial charge in [-0.1, -0.05) is 25.1 Å². The molecule has 0 N–H and O–H groups in total. The summed E-state index contributed by atoms with van der Waals surface area (Å²) in [7, 11) is 2.11. The molecule has 4 aromatic rings. The van der Waals surface area contributed by atoms with E-state index in [0.717, 1.165) is 35.6 Å². The number of hydrogen-bond donors (Lipinski definition) is 0. The van der Waals surface area contributed by atoms with Crippen molar-refractivity contribution in [2.45, 2.75) is 26.6 Å². The summed E-state index contributed by atoms with van der Waals surface area (Å²) in [6, 6.07) is 14.3. The molecule has 26 heavy (non-hydrogen) atoms. The highest BCUT2D eigenvalue weighted by molar-refractivity contribution is 5.82. The summed E-state index contributed by atoms with van der Waals surface area (Å²) in [5, 5.41) is 5.70. The second kappa shape index (κ2) is 7.14. The second-order valence-electron chi connectivity index (χ2n) is 6.46. The van der Waals surface area contributed by atoms with Gasteiger partial charge >= 0.3 is 0 Å². The molecule has 0 unspecified atom stereocenters. The van der Waals surface area contributed by atoms with Crippen LogP contribution in [0.3, 0.4) is 0 Å².